The van der Waals surface area contributed by atoms with Crippen LogP contribution in [0.3, 0.4) is 0 Å². The monoisotopic (exact) mass is 393 g/mol. The number of aryl methyl sites for hydroxylation is 1. The van der Waals surface area contributed by atoms with Crippen LogP contribution in [0.5, 0.6) is 0 Å². The highest BCUT2D eigenvalue weighted by atomic mass is 79.9. The molecule has 1 amide bonds. The molecule has 0 aliphatic rings. The fourth-order valence-corrected chi connectivity index (χ4v) is 2.96. The van der Waals surface area contributed by atoms with E-state index >= 15 is 0 Å². The molecule has 0 aliphatic carbocycles. The zero-order chi connectivity index (χ0) is 17.6. The average Bonchev–Trinajstić information content (AvgIpc) is 2.59. The summed E-state index contributed by atoms with van der Waals surface area (Å²) in [4.78, 5) is 12.1. The number of hydrogen-bond donors (Lipinski definition) is 1. The summed E-state index contributed by atoms with van der Waals surface area (Å²) in [6.45, 7) is 1.97. The van der Waals surface area contributed by atoms with Crippen molar-refractivity contribution in [1.82, 2.24) is 5.32 Å². The van der Waals surface area contributed by atoms with E-state index in [1.54, 1.807) is 25.1 Å². The number of nitrogens with one attached hydrogen (secondary N) is 1. The molecule has 0 unspecified atom stereocenters. The Morgan fingerprint density at radius 3 is 2.54 bits per heavy atom. The number of carbonyl (C=O) groups is 1. The molecule has 2 rings (SSSR count). The number of rotatable bonds is 7. The molecule has 0 fully saturated rings. The second-order valence-electron chi connectivity index (χ2n) is 5.78. The van der Waals surface area contributed by atoms with E-state index in [0.29, 0.717) is 18.4 Å². The number of halogens is 2. The summed E-state index contributed by atoms with van der Waals surface area (Å²) in [5.74, 6) is -0.435. The third-order valence-corrected chi connectivity index (χ3v) is 4.87. The van der Waals surface area contributed by atoms with Gasteiger partial charge in [0.2, 0.25) is 5.91 Å². The molecule has 1 N–H and O–H groups in total. The number of benzene rings is 2. The Bertz CT molecular complexity index is 707. The van der Waals surface area contributed by atoms with Crippen LogP contribution in [0.2, 0.25) is 0 Å². The second-order valence-corrected chi connectivity index (χ2v) is 6.64. The third-order valence-electron chi connectivity index (χ3n) is 4.10. The molecule has 5 heteroatoms. The van der Waals surface area contributed by atoms with Crippen molar-refractivity contribution >= 4 is 21.8 Å². The molecule has 2 aromatic carbocycles. The summed E-state index contributed by atoms with van der Waals surface area (Å²) < 4.78 is 20.5. The summed E-state index contributed by atoms with van der Waals surface area (Å²) in [6.07, 6.45) is 0.996. The van der Waals surface area contributed by atoms with E-state index in [0.717, 1.165) is 10.0 Å². The van der Waals surface area contributed by atoms with Gasteiger partial charge in [0.05, 0.1) is 6.54 Å². The molecule has 0 spiro atoms. The van der Waals surface area contributed by atoms with Crippen molar-refractivity contribution in [2.45, 2.75) is 25.4 Å². The highest BCUT2D eigenvalue weighted by Gasteiger charge is 2.29. The molecule has 0 bridgehead atoms. The van der Waals surface area contributed by atoms with Crippen LogP contribution in [0.25, 0.3) is 0 Å². The predicted molar refractivity (Wildman–Crippen MR) is 96.2 cm³/mol. The van der Waals surface area contributed by atoms with E-state index in [4.69, 9.17) is 4.74 Å². The summed E-state index contributed by atoms with van der Waals surface area (Å²) in [7, 11) is 1.51. The smallest absolute Gasteiger partial charge is 0.220 e. The van der Waals surface area contributed by atoms with E-state index in [9.17, 15) is 9.18 Å². The zero-order valence-electron chi connectivity index (χ0n) is 13.8. The van der Waals surface area contributed by atoms with Crippen LogP contribution >= 0.6 is 15.9 Å². The first-order valence-electron chi connectivity index (χ1n) is 7.76. The van der Waals surface area contributed by atoms with Gasteiger partial charge in [-0.25, -0.2) is 4.39 Å². The minimum atomic E-state index is -0.908. The highest BCUT2D eigenvalue weighted by molar-refractivity contribution is 9.10. The second kappa shape index (κ2) is 8.40. The van der Waals surface area contributed by atoms with Crippen molar-refractivity contribution in [1.29, 1.82) is 0 Å². The summed E-state index contributed by atoms with van der Waals surface area (Å²) in [6, 6.07) is 14.3. The minimum Gasteiger partial charge on any atom is -0.372 e. The van der Waals surface area contributed by atoms with Crippen LogP contribution < -0.4 is 5.32 Å². The lowest BCUT2D eigenvalue weighted by molar-refractivity contribution is -0.122. The van der Waals surface area contributed by atoms with Gasteiger partial charge in [0, 0.05) is 23.6 Å². The molecule has 128 valence electrons. The Labute approximate surface area is 150 Å². The normalized spacial score (nSPS) is 13.3. The van der Waals surface area contributed by atoms with Crippen molar-refractivity contribution in [2.24, 2.45) is 0 Å². The van der Waals surface area contributed by atoms with Crippen LogP contribution in [-0.2, 0) is 21.6 Å². The number of ether oxygens (including phenoxy) is 1. The van der Waals surface area contributed by atoms with Crippen LogP contribution in [0.4, 0.5) is 4.39 Å². The number of amides is 1. The lowest BCUT2D eigenvalue weighted by atomic mass is 9.95. The highest BCUT2D eigenvalue weighted by Crippen LogP contribution is 2.26. The molecule has 0 saturated carbocycles. The molecule has 0 aromatic heterocycles. The molecule has 2 aromatic rings. The van der Waals surface area contributed by atoms with Crippen LogP contribution in [0, 0.1) is 5.82 Å². The van der Waals surface area contributed by atoms with Gasteiger partial charge in [0.25, 0.3) is 0 Å². The maximum Gasteiger partial charge on any atom is 0.220 e. The first-order chi connectivity index (χ1) is 11.5. The molecule has 0 radical (unpaired) electrons. The predicted octanol–water partition coefficient (Wildman–Crippen LogP) is 4.20. The first kappa shape index (κ1) is 18.6. The minimum absolute atomic E-state index is 0.0923. The van der Waals surface area contributed by atoms with Crippen LogP contribution in [0.15, 0.2) is 53.0 Å². The fourth-order valence-electron chi connectivity index (χ4n) is 2.47. The van der Waals surface area contributed by atoms with Crippen molar-refractivity contribution < 1.29 is 13.9 Å². The van der Waals surface area contributed by atoms with Crippen molar-refractivity contribution in [3.63, 3.8) is 0 Å². The lowest BCUT2D eigenvalue weighted by Crippen LogP contribution is -2.40. The Hall–Kier alpha value is -1.72. The van der Waals surface area contributed by atoms with E-state index < -0.39 is 5.60 Å². The topological polar surface area (TPSA) is 38.3 Å². The Balaban J connectivity index is 1.94. The molecule has 0 aliphatic heterocycles. The van der Waals surface area contributed by atoms with Gasteiger partial charge in [-0.05, 0) is 31.0 Å². The van der Waals surface area contributed by atoms with Crippen LogP contribution in [-0.4, -0.2) is 19.6 Å². The number of methoxy groups -OCH3 is 1. The van der Waals surface area contributed by atoms with Gasteiger partial charge in [-0.3, -0.25) is 4.79 Å². The van der Waals surface area contributed by atoms with Gasteiger partial charge in [-0.2, -0.15) is 0 Å². The van der Waals surface area contributed by atoms with E-state index in [1.807, 2.05) is 24.3 Å². The largest absolute Gasteiger partial charge is 0.372 e. The molecular weight excluding hydrogens is 373 g/mol. The van der Waals surface area contributed by atoms with Gasteiger partial charge >= 0.3 is 0 Å². The number of carbonyl (C=O) groups excluding carboxylic acids is 1. The van der Waals surface area contributed by atoms with Crippen molar-refractivity contribution in [3.8, 4) is 0 Å². The number of hydrogen-bond acceptors (Lipinski definition) is 2. The summed E-state index contributed by atoms with van der Waals surface area (Å²) >= 11 is 3.47. The van der Waals surface area contributed by atoms with E-state index in [1.165, 1.54) is 13.2 Å². The van der Waals surface area contributed by atoms with Gasteiger partial charge in [-0.15, -0.1) is 0 Å². The van der Waals surface area contributed by atoms with Gasteiger partial charge < -0.3 is 10.1 Å². The Morgan fingerprint density at radius 2 is 1.88 bits per heavy atom. The maximum atomic E-state index is 14.0. The third kappa shape index (κ3) is 4.65. The molecule has 24 heavy (non-hydrogen) atoms. The maximum absolute atomic E-state index is 14.0. The summed E-state index contributed by atoms with van der Waals surface area (Å²) in [5.41, 5.74) is 0.601. The fraction of sp³-hybridized carbons (Fsp3) is 0.316. The molecule has 0 heterocycles. The zero-order valence-corrected chi connectivity index (χ0v) is 15.4. The van der Waals surface area contributed by atoms with E-state index in [2.05, 4.69) is 21.2 Å². The SMILES string of the molecule is CO[C@](C)(CNC(=O)CCc1ccccc1Br)c1ccccc1F. The van der Waals surface area contributed by atoms with Gasteiger partial charge in [-0.1, -0.05) is 52.3 Å². The van der Waals surface area contributed by atoms with Gasteiger partial charge in [0.15, 0.2) is 0 Å². The average molecular weight is 394 g/mol. The quantitative estimate of drug-likeness (QED) is 0.765. The lowest BCUT2D eigenvalue weighted by Gasteiger charge is -2.29. The molecular formula is C19H21BrFNO2. The molecule has 3 nitrogen and oxygen atoms in total. The van der Waals surface area contributed by atoms with Gasteiger partial charge in [0.1, 0.15) is 11.4 Å². The first-order valence-corrected chi connectivity index (χ1v) is 8.56. The van der Waals surface area contributed by atoms with Crippen molar-refractivity contribution in [3.05, 3.63) is 69.9 Å². The van der Waals surface area contributed by atoms with Crippen molar-refractivity contribution in [2.75, 3.05) is 13.7 Å². The summed E-state index contributed by atoms with van der Waals surface area (Å²) in [5, 5.41) is 2.84. The Morgan fingerprint density at radius 1 is 1.21 bits per heavy atom. The van der Waals surface area contributed by atoms with Crippen LogP contribution in [0.1, 0.15) is 24.5 Å². The molecule has 1 atom stereocenters. The molecule has 0 saturated heterocycles. The van der Waals surface area contributed by atoms with E-state index in [-0.39, 0.29) is 18.3 Å². The standard InChI is InChI=1S/C19H21BrFNO2/c1-19(24-2,15-8-4-6-10-17(15)21)13-22-18(23)12-11-14-7-3-5-9-16(14)20/h3-10H,11-13H2,1-2H3,(H,22,23)/t19-/m1/s1. The Kier molecular flexibility index (Phi) is 6.52.